The van der Waals surface area contributed by atoms with Crippen LogP contribution in [-0.2, 0) is 23.9 Å². The number of hydrogen-bond donors (Lipinski definition) is 1. The van der Waals surface area contributed by atoms with E-state index in [2.05, 4.69) is 15.4 Å². The van der Waals surface area contributed by atoms with Gasteiger partial charge in [-0.3, -0.25) is 19.3 Å². The van der Waals surface area contributed by atoms with E-state index in [1.807, 2.05) is 0 Å². The molecule has 1 aliphatic heterocycles. The van der Waals surface area contributed by atoms with Crippen LogP contribution in [0.5, 0.6) is 0 Å². The van der Waals surface area contributed by atoms with E-state index >= 15 is 0 Å². The van der Waals surface area contributed by atoms with Crippen molar-refractivity contribution in [3.63, 3.8) is 0 Å². The number of nitrogens with zero attached hydrogens (tertiary/aromatic N) is 4. The number of carbonyl (C=O) groups excluding carboxylic acids is 4. The standard InChI is InChI=1S/C21H22ClN5O5/c1-12(27-19(29)14-4-2-3-5-15(14)20(27)30)21(31)32-9-18(28)25-16-8-13(22)6-7-17(16)26-11-23-10-24-26/h6-8,10-12,14-15H,2-5,9H2,1H3,(H,25,28). The molecule has 3 atom stereocenters. The van der Waals surface area contributed by atoms with E-state index in [9.17, 15) is 19.2 Å². The minimum absolute atomic E-state index is 0.329. The van der Waals surface area contributed by atoms with Gasteiger partial charge in [-0.2, -0.15) is 5.10 Å². The van der Waals surface area contributed by atoms with E-state index in [-0.39, 0.29) is 23.7 Å². The third-order valence-electron chi connectivity index (χ3n) is 5.85. The van der Waals surface area contributed by atoms with Crippen LogP contribution in [0.25, 0.3) is 5.69 Å². The summed E-state index contributed by atoms with van der Waals surface area (Å²) in [6, 6.07) is 3.73. The number of ether oxygens (including phenoxy) is 1. The lowest BCUT2D eigenvalue weighted by molar-refractivity contribution is -0.159. The number of nitrogens with one attached hydrogen (secondary N) is 1. The van der Waals surface area contributed by atoms with E-state index in [1.165, 1.54) is 30.3 Å². The van der Waals surface area contributed by atoms with Gasteiger partial charge in [0.1, 0.15) is 18.7 Å². The molecule has 0 spiro atoms. The largest absolute Gasteiger partial charge is 0.454 e. The number of anilines is 1. The van der Waals surface area contributed by atoms with Crippen LogP contribution in [0.15, 0.2) is 30.9 Å². The first-order chi connectivity index (χ1) is 15.4. The number of amides is 3. The summed E-state index contributed by atoms with van der Waals surface area (Å²) in [5.74, 6) is -2.79. The maximum absolute atomic E-state index is 12.6. The smallest absolute Gasteiger partial charge is 0.329 e. The summed E-state index contributed by atoms with van der Waals surface area (Å²) >= 11 is 6.03. The summed E-state index contributed by atoms with van der Waals surface area (Å²) in [6.45, 7) is 0.850. The molecule has 10 nitrogen and oxygen atoms in total. The highest BCUT2D eigenvalue weighted by Crippen LogP contribution is 2.38. The second-order valence-corrected chi connectivity index (χ2v) is 8.31. The zero-order valence-corrected chi connectivity index (χ0v) is 18.1. The molecule has 2 fully saturated rings. The first-order valence-electron chi connectivity index (χ1n) is 10.3. The molecule has 1 saturated heterocycles. The predicted molar refractivity (Wildman–Crippen MR) is 113 cm³/mol. The molecule has 1 aromatic carbocycles. The van der Waals surface area contributed by atoms with Gasteiger partial charge >= 0.3 is 5.97 Å². The summed E-state index contributed by atoms with van der Waals surface area (Å²) in [5.41, 5.74) is 0.877. The number of aromatic nitrogens is 3. The van der Waals surface area contributed by atoms with Crippen molar-refractivity contribution in [2.75, 3.05) is 11.9 Å². The highest BCUT2D eigenvalue weighted by Gasteiger charge is 2.51. The molecule has 11 heteroatoms. The van der Waals surface area contributed by atoms with Gasteiger partial charge in [0.2, 0.25) is 11.8 Å². The monoisotopic (exact) mass is 459 g/mol. The van der Waals surface area contributed by atoms with Crippen LogP contribution in [0, 0.1) is 11.8 Å². The van der Waals surface area contributed by atoms with E-state index in [4.69, 9.17) is 16.3 Å². The number of hydrogen-bond acceptors (Lipinski definition) is 7. The molecule has 2 aromatic rings. The molecule has 3 amide bonds. The molecule has 0 bridgehead atoms. The first kappa shape index (κ1) is 21.9. The van der Waals surface area contributed by atoms with E-state index < -0.39 is 24.5 Å². The van der Waals surface area contributed by atoms with Crippen molar-refractivity contribution in [2.24, 2.45) is 11.8 Å². The second-order valence-electron chi connectivity index (χ2n) is 7.88. The lowest BCUT2D eigenvalue weighted by Crippen LogP contribution is -2.45. The molecule has 1 saturated carbocycles. The average Bonchev–Trinajstić information content (AvgIpc) is 3.39. The number of imide groups is 1. The van der Waals surface area contributed by atoms with Gasteiger partial charge in [0.15, 0.2) is 6.61 Å². The predicted octanol–water partition coefficient (Wildman–Crippen LogP) is 1.97. The molecular weight excluding hydrogens is 438 g/mol. The van der Waals surface area contributed by atoms with Gasteiger partial charge in [0, 0.05) is 5.02 Å². The molecule has 32 heavy (non-hydrogen) atoms. The Morgan fingerprint density at radius 1 is 1.22 bits per heavy atom. The van der Waals surface area contributed by atoms with Gasteiger partial charge in [-0.1, -0.05) is 24.4 Å². The fraction of sp³-hybridized carbons (Fsp3) is 0.429. The molecule has 168 valence electrons. The number of esters is 1. The fourth-order valence-corrected chi connectivity index (χ4v) is 4.43. The van der Waals surface area contributed by atoms with Gasteiger partial charge < -0.3 is 10.1 Å². The first-order valence-corrected chi connectivity index (χ1v) is 10.7. The van der Waals surface area contributed by atoms with Crippen LogP contribution in [0.4, 0.5) is 5.69 Å². The molecular formula is C21H22ClN5O5. The Morgan fingerprint density at radius 2 is 1.91 bits per heavy atom. The number of likely N-dealkylation sites (tertiary alicyclic amines) is 1. The van der Waals surface area contributed by atoms with E-state index in [0.717, 1.165) is 17.7 Å². The number of rotatable bonds is 6. The molecule has 3 unspecified atom stereocenters. The summed E-state index contributed by atoms with van der Waals surface area (Å²) in [6.07, 6.45) is 5.91. The number of benzene rings is 1. The van der Waals surface area contributed by atoms with Crippen LogP contribution >= 0.6 is 11.6 Å². The van der Waals surface area contributed by atoms with E-state index in [1.54, 1.807) is 12.1 Å². The topological polar surface area (TPSA) is 123 Å². The quantitative estimate of drug-likeness (QED) is 0.517. The highest BCUT2D eigenvalue weighted by molar-refractivity contribution is 6.31. The zero-order chi connectivity index (χ0) is 22.8. The Hall–Kier alpha value is -3.27. The van der Waals surface area contributed by atoms with Crippen molar-refractivity contribution < 1.29 is 23.9 Å². The fourth-order valence-electron chi connectivity index (χ4n) is 4.26. The van der Waals surface area contributed by atoms with Gasteiger partial charge in [0.25, 0.3) is 5.91 Å². The van der Waals surface area contributed by atoms with Gasteiger partial charge in [-0.05, 0) is 38.0 Å². The molecule has 1 aromatic heterocycles. The summed E-state index contributed by atoms with van der Waals surface area (Å²) < 4.78 is 6.54. The van der Waals surface area contributed by atoms with Crippen molar-refractivity contribution >= 4 is 41.0 Å². The summed E-state index contributed by atoms with van der Waals surface area (Å²) in [7, 11) is 0. The maximum Gasteiger partial charge on any atom is 0.329 e. The van der Waals surface area contributed by atoms with Crippen molar-refractivity contribution in [1.29, 1.82) is 0 Å². The number of halogens is 1. The Bertz CT molecular complexity index is 1030. The molecule has 2 aliphatic rings. The van der Waals surface area contributed by atoms with E-state index in [0.29, 0.717) is 29.2 Å². The normalized spacial score (nSPS) is 21.2. The van der Waals surface area contributed by atoms with Gasteiger partial charge in [-0.15, -0.1) is 0 Å². The van der Waals surface area contributed by atoms with Crippen LogP contribution in [0.2, 0.25) is 5.02 Å². The Morgan fingerprint density at radius 3 is 2.53 bits per heavy atom. The summed E-state index contributed by atoms with van der Waals surface area (Å²) in [4.78, 5) is 55.1. The highest BCUT2D eigenvalue weighted by atomic mass is 35.5. The lowest BCUT2D eigenvalue weighted by Gasteiger charge is -2.21. The Labute approximate surface area is 188 Å². The number of carbonyl (C=O) groups is 4. The second kappa shape index (κ2) is 9.07. The molecule has 0 radical (unpaired) electrons. The van der Waals surface area contributed by atoms with Crippen molar-refractivity contribution in [1.82, 2.24) is 19.7 Å². The minimum Gasteiger partial charge on any atom is -0.454 e. The molecule has 1 aliphatic carbocycles. The number of fused-ring (bicyclic) bond motifs is 1. The van der Waals surface area contributed by atoms with Crippen LogP contribution < -0.4 is 5.32 Å². The van der Waals surface area contributed by atoms with Crippen molar-refractivity contribution in [3.8, 4) is 5.69 Å². The van der Waals surface area contributed by atoms with Crippen LogP contribution in [0.3, 0.4) is 0 Å². The Kier molecular flexibility index (Phi) is 6.22. The van der Waals surface area contributed by atoms with Crippen molar-refractivity contribution in [3.05, 3.63) is 35.9 Å². The lowest BCUT2D eigenvalue weighted by atomic mass is 9.81. The average molecular weight is 460 g/mol. The summed E-state index contributed by atoms with van der Waals surface area (Å²) in [5, 5.41) is 7.04. The Balaban J connectivity index is 1.38. The maximum atomic E-state index is 12.6. The van der Waals surface area contributed by atoms with Crippen LogP contribution in [-0.4, -0.2) is 56.0 Å². The molecule has 1 N–H and O–H groups in total. The van der Waals surface area contributed by atoms with Crippen LogP contribution in [0.1, 0.15) is 32.6 Å². The molecule has 2 heterocycles. The van der Waals surface area contributed by atoms with Crippen molar-refractivity contribution in [2.45, 2.75) is 38.6 Å². The minimum atomic E-state index is -1.09. The third kappa shape index (κ3) is 4.22. The zero-order valence-electron chi connectivity index (χ0n) is 17.4. The van der Waals surface area contributed by atoms with Gasteiger partial charge in [-0.25, -0.2) is 14.5 Å². The third-order valence-corrected chi connectivity index (χ3v) is 6.08. The SMILES string of the molecule is CC(C(=O)OCC(=O)Nc1cc(Cl)ccc1-n1cncn1)N1C(=O)C2CCCCC2C1=O. The van der Waals surface area contributed by atoms with Gasteiger partial charge in [0.05, 0.1) is 23.2 Å². The molecule has 4 rings (SSSR count).